The van der Waals surface area contributed by atoms with E-state index in [2.05, 4.69) is 22.4 Å². The summed E-state index contributed by atoms with van der Waals surface area (Å²) in [7, 11) is 0. The van der Waals surface area contributed by atoms with Gasteiger partial charge in [-0.1, -0.05) is 0 Å². The van der Waals surface area contributed by atoms with Gasteiger partial charge >= 0.3 is 5.69 Å². The van der Waals surface area contributed by atoms with Crippen LogP contribution in [0.2, 0.25) is 0 Å². The Hall–Kier alpha value is -1.10. The van der Waals surface area contributed by atoms with Crippen molar-refractivity contribution in [2.24, 2.45) is 5.92 Å². The Labute approximate surface area is 82.5 Å². The van der Waals surface area contributed by atoms with Crippen LogP contribution in [0.25, 0.3) is 0 Å². The van der Waals surface area contributed by atoms with Crippen LogP contribution in [0.3, 0.4) is 0 Å². The summed E-state index contributed by atoms with van der Waals surface area (Å²) in [5.41, 5.74) is -0.101. The van der Waals surface area contributed by atoms with Gasteiger partial charge in [0.25, 0.3) is 0 Å². The molecule has 0 aromatic carbocycles. The van der Waals surface area contributed by atoms with Crippen molar-refractivity contribution in [3.05, 3.63) is 16.8 Å². The third-order valence-corrected chi connectivity index (χ3v) is 3.08. The lowest BCUT2D eigenvalue weighted by Crippen LogP contribution is -2.34. The third-order valence-electron chi connectivity index (χ3n) is 3.08. The Balaban J connectivity index is 2.11. The van der Waals surface area contributed by atoms with Crippen molar-refractivity contribution in [3.63, 3.8) is 0 Å². The second kappa shape index (κ2) is 3.96. The first-order chi connectivity index (χ1) is 6.79. The number of piperidine rings is 1. The average Bonchev–Trinajstić information content (AvgIpc) is 2.65. The van der Waals surface area contributed by atoms with Crippen molar-refractivity contribution in [1.82, 2.24) is 20.1 Å². The molecule has 1 aromatic heterocycles. The summed E-state index contributed by atoms with van der Waals surface area (Å²) < 4.78 is 1.69. The summed E-state index contributed by atoms with van der Waals surface area (Å²) in [6.07, 6.45) is 3.87. The second-order valence-corrected chi connectivity index (χ2v) is 3.90. The van der Waals surface area contributed by atoms with Gasteiger partial charge in [-0.05, 0) is 38.8 Å². The third kappa shape index (κ3) is 1.72. The molecule has 0 radical (unpaired) electrons. The Morgan fingerprint density at radius 1 is 1.57 bits per heavy atom. The molecule has 5 nitrogen and oxygen atoms in total. The molecule has 0 saturated carbocycles. The minimum Gasteiger partial charge on any atom is -0.317 e. The van der Waals surface area contributed by atoms with E-state index >= 15 is 0 Å². The number of hydrogen-bond donors (Lipinski definition) is 2. The number of aromatic nitrogens is 3. The minimum absolute atomic E-state index is 0.101. The number of hydrogen-bond acceptors (Lipinski definition) is 3. The fourth-order valence-corrected chi connectivity index (χ4v) is 2.10. The average molecular weight is 196 g/mol. The maximum Gasteiger partial charge on any atom is 0.343 e. The molecule has 1 fully saturated rings. The van der Waals surface area contributed by atoms with Crippen LogP contribution in [-0.2, 0) is 0 Å². The Kier molecular flexibility index (Phi) is 2.67. The van der Waals surface area contributed by atoms with Gasteiger partial charge in [0, 0.05) is 6.04 Å². The SMILES string of the molecule is CC(C1CCNCC1)n1cn[nH]c1=O. The Morgan fingerprint density at radius 2 is 2.29 bits per heavy atom. The molecule has 78 valence electrons. The second-order valence-electron chi connectivity index (χ2n) is 3.90. The van der Waals surface area contributed by atoms with Gasteiger partial charge in [0.1, 0.15) is 6.33 Å². The molecule has 1 aromatic rings. The number of nitrogens with zero attached hydrogens (tertiary/aromatic N) is 2. The van der Waals surface area contributed by atoms with E-state index in [1.54, 1.807) is 10.9 Å². The molecule has 0 bridgehead atoms. The highest BCUT2D eigenvalue weighted by atomic mass is 16.1. The molecule has 14 heavy (non-hydrogen) atoms. The van der Waals surface area contributed by atoms with E-state index in [-0.39, 0.29) is 11.7 Å². The van der Waals surface area contributed by atoms with E-state index in [0.717, 1.165) is 25.9 Å². The fourth-order valence-electron chi connectivity index (χ4n) is 2.10. The Bertz CT molecular complexity index is 337. The molecular weight excluding hydrogens is 180 g/mol. The van der Waals surface area contributed by atoms with Gasteiger partial charge in [0.15, 0.2) is 0 Å². The van der Waals surface area contributed by atoms with Crippen LogP contribution < -0.4 is 11.0 Å². The quantitative estimate of drug-likeness (QED) is 0.707. The minimum atomic E-state index is -0.101. The molecule has 2 rings (SSSR count). The van der Waals surface area contributed by atoms with Crippen molar-refractivity contribution >= 4 is 0 Å². The van der Waals surface area contributed by atoms with Crippen LogP contribution in [0.4, 0.5) is 0 Å². The molecule has 2 heterocycles. The number of nitrogens with one attached hydrogen (secondary N) is 2. The highest BCUT2D eigenvalue weighted by Crippen LogP contribution is 2.24. The molecule has 1 atom stereocenters. The molecular formula is C9H16N4O. The molecule has 1 unspecified atom stereocenters. The summed E-state index contributed by atoms with van der Waals surface area (Å²) >= 11 is 0. The molecule has 2 N–H and O–H groups in total. The maximum absolute atomic E-state index is 11.3. The van der Waals surface area contributed by atoms with E-state index in [1.807, 2.05) is 0 Å². The van der Waals surface area contributed by atoms with Crippen molar-refractivity contribution < 1.29 is 0 Å². The molecule has 1 aliphatic heterocycles. The molecule has 1 saturated heterocycles. The first-order valence-corrected chi connectivity index (χ1v) is 5.11. The summed E-state index contributed by atoms with van der Waals surface area (Å²) in [5, 5.41) is 9.50. The van der Waals surface area contributed by atoms with Gasteiger partial charge in [-0.3, -0.25) is 4.57 Å². The van der Waals surface area contributed by atoms with Crippen molar-refractivity contribution in [3.8, 4) is 0 Å². The predicted molar refractivity (Wildman–Crippen MR) is 53.2 cm³/mol. The lowest BCUT2D eigenvalue weighted by Gasteiger charge is -2.28. The van der Waals surface area contributed by atoms with Gasteiger partial charge in [-0.15, -0.1) is 0 Å². The van der Waals surface area contributed by atoms with Gasteiger partial charge in [-0.25, -0.2) is 9.89 Å². The molecule has 1 aliphatic rings. The zero-order chi connectivity index (χ0) is 9.97. The Morgan fingerprint density at radius 3 is 2.86 bits per heavy atom. The van der Waals surface area contributed by atoms with Crippen LogP contribution >= 0.6 is 0 Å². The lowest BCUT2D eigenvalue weighted by atomic mass is 9.91. The topological polar surface area (TPSA) is 62.7 Å². The first-order valence-electron chi connectivity index (χ1n) is 5.11. The van der Waals surface area contributed by atoms with Crippen LogP contribution in [0.5, 0.6) is 0 Å². The van der Waals surface area contributed by atoms with E-state index in [4.69, 9.17) is 0 Å². The fraction of sp³-hybridized carbons (Fsp3) is 0.778. The molecule has 0 aliphatic carbocycles. The maximum atomic E-state index is 11.3. The first kappa shape index (κ1) is 9.45. The van der Waals surface area contributed by atoms with E-state index in [1.165, 1.54) is 0 Å². The largest absolute Gasteiger partial charge is 0.343 e. The van der Waals surface area contributed by atoms with Crippen molar-refractivity contribution in [2.45, 2.75) is 25.8 Å². The van der Waals surface area contributed by atoms with Gasteiger partial charge < -0.3 is 5.32 Å². The summed E-state index contributed by atoms with van der Waals surface area (Å²) in [6.45, 7) is 4.20. The summed E-state index contributed by atoms with van der Waals surface area (Å²) in [6, 6.07) is 0.253. The van der Waals surface area contributed by atoms with E-state index in [9.17, 15) is 4.79 Å². The lowest BCUT2D eigenvalue weighted by molar-refractivity contribution is 0.271. The number of rotatable bonds is 2. The van der Waals surface area contributed by atoms with Gasteiger partial charge in [0.2, 0.25) is 0 Å². The monoisotopic (exact) mass is 196 g/mol. The summed E-state index contributed by atoms with van der Waals surface area (Å²) in [4.78, 5) is 11.3. The van der Waals surface area contributed by atoms with E-state index < -0.39 is 0 Å². The molecule has 5 heteroatoms. The smallest absolute Gasteiger partial charge is 0.317 e. The predicted octanol–water partition coefficient (Wildman–Crippen LogP) is 0.132. The summed E-state index contributed by atoms with van der Waals surface area (Å²) in [5.74, 6) is 0.589. The molecule has 0 spiro atoms. The van der Waals surface area contributed by atoms with Crippen LogP contribution in [-0.4, -0.2) is 27.9 Å². The molecule has 0 amide bonds. The zero-order valence-corrected chi connectivity index (χ0v) is 8.36. The zero-order valence-electron chi connectivity index (χ0n) is 8.36. The van der Waals surface area contributed by atoms with Crippen LogP contribution in [0, 0.1) is 5.92 Å². The van der Waals surface area contributed by atoms with Crippen molar-refractivity contribution in [2.75, 3.05) is 13.1 Å². The standard InChI is InChI=1S/C9H16N4O/c1-7(8-2-4-10-5-3-8)13-6-11-12-9(13)14/h6-8,10H,2-5H2,1H3,(H,12,14). The number of aromatic amines is 1. The van der Waals surface area contributed by atoms with Gasteiger partial charge in [-0.2, -0.15) is 5.10 Å². The van der Waals surface area contributed by atoms with E-state index in [0.29, 0.717) is 5.92 Å². The highest BCUT2D eigenvalue weighted by Gasteiger charge is 2.22. The van der Waals surface area contributed by atoms with Crippen LogP contribution in [0.1, 0.15) is 25.8 Å². The number of H-pyrrole nitrogens is 1. The normalized spacial score (nSPS) is 20.9. The van der Waals surface area contributed by atoms with Gasteiger partial charge in [0.05, 0.1) is 0 Å². The van der Waals surface area contributed by atoms with Crippen LogP contribution in [0.15, 0.2) is 11.1 Å². The highest BCUT2D eigenvalue weighted by molar-refractivity contribution is 4.80. The van der Waals surface area contributed by atoms with Crippen molar-refractivity contribution in [1.29, 1.82) is 0 Å².